The molecule has 0 bridgehead atoms. The van der Waals surface area contributed by atoms with E-state index in [0.29, 0.717) is 11.3 Å². The molecule has 18 heavy (non-hydrogen) atoms. The average molecular weight is 291 g/mol. The largest absolute Gasteiger partial charge is 0.480 e. The van der Waals surface area contributed by atoms with Gasteiger partial charge in [0.25, 0.3) is 0 Å². The van der Waals surface area contributed by atoms with Gasteiger partial charge in [0.1, 0.15) is 6.04 Å². The van der Waals surface area contributed by atoms with Gasteiger partial charge in [0, 0.05) is 9.75 Å². The highest BCUT2D eigenvalue weighted by molar-refractivity contribution is 7.89. The van der Waals surface area contributed by atoms with Crippen molar-refractivity contribution in [3.63, 3.8) is 0 Å². The molecule has 0 amide bonds. The minimum Gasteiger partial charge on any atom is -0.480 e. The molecule has 1 heterocycles. The lowest BCUT2D eigenvalue weighted by Crippen LogP contribution is -2.40. The van der Waals surface area contributed by atoms with Crippen molar-refractivity contribution in [2.24, 2.45) is 0 Å². The van der Waals surface area contributed by atoms with Crippen molar-refractivity contribution >= 4 is 27.3 Å². The summed E-state index contributed by atoms with van der Waals surface area (Å²) in [4.78, 5) is 12.7. The molecule has 1 rings (SSSR count). The lowest BCUT2D eigenvalue weighted by Gasteiger charge is -2.13. The zero-order chi connectivity index (χ0) is 13.9. The number of carboxylic acid groups (broad SMARTS) is 1. The highest BCUT2D eigenvalue weighted by Crippen LogP contribution is 2.25. The van der Waals surface area contributed by atoms with Crippen LogP contribution in [0, 0.1) is 13.8 Å². The minimum absolute atomic E-state index is 0.173. The fourth-order valence-electron chi connectivity index (χ4n) is 1.65. The fraction of sp³-hybridized carbons (Fsp3) is 0.545. The number of hydrogen-bond donors (Lipinski definition) is 2. The summed E-state index contributed by atoms with van der Waals surface area (Å²) < 4.78 is 26.4. The SMILES string of the molecule is CCC[C@H](NS(=O)(=O)c1cc(C)sc1C)C(=O)O. The van der Waals surface area contributed by atoms with E-state index in [0.717, 1.165) is 4.88 Å². The van der Waals surface area contributed by atoms with Gasteiger partial charge in [-0.05, 0) is 26.3 Å². The molecule has 0 aromatic carbocycles. The normalized spacial score (nSPS) is 13.5. The molecule has 7 heteroatoms. The van der Waals surface area contributed by atoms with Crippen LogP contribution in [-0.4, -0.2) is 25.5 Å². The Morgan fingerprint density at radius 1 is 1.50 bits per heavy atom. The Bertz CT molecular complexity index is 533. The van der Waals surface area contributed by atoms with Gasteiger partial charge in [-0.3, -0.25) is 4.79 Å². The van der Waals surface area contributed by atoms with Gasteiger partial charge < -0.3 is 5.11 Å². The molecule has 0 unspecified atom stereocenters. The Morgan fingerprint density at radius 3 is 2.50 bits per heavy atom. The summed E-state index contributed by atoms with van der Waals surface area (Å²) in [6, 6.07) is 0.493. The summed E-state index contributed by atoms with van der Waals surface area (Å²) in [7, 11) is -3.76. The highest BCUT2D eigenvalue weighted by atomic mass is 32.2. The van der Waals surface area contributed by atoms with Gasteiger partial charge in [-0.1, -0.05) is 13.3 Å². The maximum Gasteiger partial charge on any atom is 0.321 e. The van der Waals surface area contributed by atoms with Crippen molar-refractivity contribution in [1.29, 1.82) is 0 Å². The summed E-state index contributed by atoms with van der Waals surface area (Å²) in [5, 5.41) is 8.96. The van der Waals surface area contributed by atoms with Crippen LogP contribution < -0.4 is 4.72 Å². The van der Waals surface area contributed by atoms with Crippen LogP contribution >= 0.6 is 11.3 Å². The van der Waals surface area contributed by atoms with Crippen molar-refractivity contribution in [3.05, 3.63) is 15.8 Å². The van der Waals surface area contributed by atoms with E-state index in [1.165, 1.54) is 11.3 Å². The van der Waals surface area contributed by atoms with Gasteiger partial charge >= 0.3 is 5.97 Å². The van der Waals surface area contributed by atoms with Crippen molar-refractivity contribution in [3.8, 4) is 0 Å². The molecule has 1 aromatic heterocycles. The Hall–Kier alpha value is -0.920. The first-order valence-corrected chi connectivity index (χ1v) is 7.90. The number of hydrogen-bond acceptors (Lipinski definition) is 4. The summed E-state index contributed by atoms with van der Waals surface area (Å²) in [6.45, 7) is 5.34. The number of carbonyl (C=O) groups is 1. The topological polar surface area (TPSA) is 83.5 Å². The van der Waals surface area contributed by atoms with Crippen molar-refractivity contribution < 1.29 is 18.3 Å². The zero-order valence-corrected chi connectivity index (χ0v) is 12.2. The fourth-order valence-corrected chi connectivity index (χ4v) is 4.43. The van der Waals surface area contributed by atoms with Crippen LogP contribution in [0.25, 0.3) is 0 Å². The van der Waals surface area contributed by atoms with Crippen molar-refractivity contribution in [2.75, 3.05) is 0 Å². The molecule has 1 atom stereocenters. The number of rotatable bonds is 6. The molecule has 0 spiro atoms. The van der Waals surface area contributed by atoms with E-state index in [-0.39, 0.29) is 11.3 Å². The van der Waals surface area contributed by atoms with E-state index in [1.54, 1.807) is 13.0 Å². The number of sulfonamides is 1. The quantitative estimate of drug-likeness (QED) is 0.838. The van der Waals surface area contributed by atoms with Crippen LogP contribution in [0.15, 0.2) is 11.0 Å². The summed E-state index contributed by atoms with van der Waals surface area (Å²) in [6.07, 6.45) is 0.873. The Labute approximate surface area is 111 Å². The van der Waals surface area contributed by atoms with Gasteiger partial charge in [0.05, 0.1) is 4.90 Å². The zero-order valence-electron chi connectivity index (χ0n) is 10.6. The first kappa shape index (κ1) is 15.1. The molecule has 0 saturated heterocycles. The van der Waals surface area contributed by atoms with E-state index in [9.17, 15) is 13.2 Å². The van der Waals surface area contributed by atoms with E-state index < -0.39 is 22.0 Å². The van der Waals surface area contributed by atoms with E-state index in [2.05, 4.69) is 4.72 Å². The third-order valence-corrected chi connectivity index (χ3v) is 5.15. The maximum absolute atomic E-state index is 12.1. The van der Waals surface area contributed by atoms with Gasteiger partial charge in [0.2, 0.25) is 10.0 Å². The molecule has 0 radical (unpaired) electrons. The van der Waals surface area contributed by atoms with Gasteiger partial charge in [-0.2, -0.15) is 4.72 Å². The number of nitrogens with one attached hydrogen (secondary N) is 1. The second-order valence-corrected chi connectivity index (χ2v) is 7.22. The molecule has 0 aliphatic rings. The smallest absolute Gasteiger partial charge is 0.321 e. The van der Waals surface area contributed by atoms with Crippen LogP contribution in [0.5, 0.6) is 0 Å². The van der Waals surface area contributed by atoms with Crippen LogP contribution in [0.2, 0.25) is 0 Å². The Kier molecular flexibility index (Phi) is 4.89. The number of carboxylic acids is 1. The molecule has 1 aromatic rings. The molecule has 5 nitrogen and oxygen atoms in total. The molecule has 0 fully saturated rings. The van der Waals surface area contributed by atoms with Crippen LogP contribution in [0.1, 0.15) is 29.5 Å². The predicted octanol–water partition coefficient (Wildman–Crippen LogP) is 1.90. The van der Waals surface area contributed by atoms with Crippen LogP contribution in [-0.2, 0) is 14.8 Å². The van der Waals surface area contributed by atoms with Crippen molar-refractivity contribution in [2.45, 2.75) is 44.6 Å². The average Bonchev–Trinajstić information content (AvgIpc) is 2.57. The molecule has 0 aliphatic heterocycles. The monoisotopic (exact) mass is 291 g/mol. The second kappa shape index (κ2) is 5.81. The summed E-state index contributed by atoms with van der Waals surface area (Å²) in [5.74, 6) is -1.15. The second-order valence-electron chi connectivity index (χ2n) is 4.08. The molecule has 2 N–H and O–H groups in total. The lowest BCUT2D eigenvalue weighted by atomic mass is 10.2. The Balaban J connectivity index is 3.00. The minimum atomic E-state index is -3.76. The van der Waals surface area contributed by atoms with Crippen LogP contribution in [0.4, 0.5) is 0 Å². The third-order valence-electron chi connectivity index (χ3n) is 2.46. The molecular weight excluding hydrogens is 274 g/mol. The number of aryl methyl sites for hydroxylation is 2. The summed E-state index contributed by atoms with van der Waals surface area (Å²) in [5.41, 5.74) is 0. The van der Waals surface area contributed by atoms with Gasteiger partial charge in [-0.25, -0.2) is 8.42 Å². The van der Waals surface area contributed by atoms with E-state index in [1.807, 2.05) is 13.8 Å². The standard InChI is InChI=1S/C11H17NO4S2/c1-4-5-9(11(13)14)12-18(15,16)10-6-7(2)17-8(10)3/h6,9,12H,4-5H2,1-3H3,(H,13,14)/t9-/m0/s1. The summed E-state index contributed by atoms with van der Waals surface area (Å²) >= 11 is 1.38. The maximum atomic E-state index is 12.1. The first-order valence-electron chi connectivity index (χ1n) is 5.60. The van der Waals surface area contributed by atoms with Gasteiger partial charge in [-0.15, -0.1) is 11.3 Å². The molecule has 0 aliphatic carbocycles. The first-order chi connectivity index (χ1) is 8.27. The molecular formula is C11H17NO4S2. The van der Waals surface area contributed by atoms with E-state index >= 15 is 0 Å². The van der Waals surface area contributed by atoms with Crippen LogP contribution in [0.3, 0.4) is 0 Å². The van der Waals surface area contributed by atoms with Crippen molar-refractivity contribution in [1.82, 2.24) is 4.72 Å². The van der Waals surface area contributed by atoms with E-state index in [4.69, 9.17) is 5.11 Å². The lowest BCUT2D eigenvalue weighted by molar-refractivity contribution is -0.139. The Morgan fingerprint density at radius 2 is 2.11 bits per heavy atom. The third kappa shape index (κ3) is 3.54. The molecule has 102 valence electrons. The number of aliphatic carboxylic acids is 1. The predicted molar refractivity (Wildman–Crippen MR) is 70.4 cm³/mol. The molecule has 0 saturated carbocycles. The highest BCUT2D eigenvalue weighted by Gasteiger charge is 2.26. The number of thiophene rings is 1. The van der Waals surface area contributed by atoms with Gasteiger partial charge in [0.15, 0.2) is 0 Å².